The minimum Gasteiger partial charge on any atom is -0.454 e. The standard InChI is InChI=1S/C22H25N3O5/c1-22(17-7-8-17)20(28)25(21(29)23-22)13-19(27)30-14-18(26)24-11-9-16(10-12-24)15-5-3-2-4-6-15/h2-6,9,17H,7-8,10-14H2,1H3,(H,23,29)/t22-/m1/s1. The summed E-state index contributed by atoms with van der Waals surface area (Å²) in [6.45, 7) is 1.79. The van der Waals surface area contributed by atoms with Crippen molar-refractivity contribution in [2.45, 2.75) is 31.7 Å². The Morgan fingerprint density at radius 1 is 1.20 bits per heavy atom. The van der Waals surface area contributed by atoms with E-state index in [0.29, 0.717) is 13.1 Å². The summed E-state index contributed by atoms with van der Waals surface area (Å²) in [5.74, 6) is -1.37. The average molecular weight is 411 g/mol. The zero-order chi connectivity index (χ0) is 21.3. The molecule has 0 spiro atoms. The molecule has 2 heterocycles. The SMILES string of the molecule is C[C@]1(C2CC2)NC(=O)N(CC(=O)OCC(=O)N2CC=C(c3ccccc3)CC2)C1=O. The van der Waals surface area contributed by atoms with Gasteiger partial charge in [0.15, 0.2) is 6.61 Å². The number of esters is 1. The molecule has 4 rings (SSSR count). The van der Waals surface area contributed by atoms with Gasteiger partial charge in [-0.05, 0) is 43.2 Å². The Balaban J connectivity index is 1.25. The Labute approximate surface area is 174 Å². The Morgan fingerprint density at radius 2 is 1.93 bits per heavy atom. The number of benzene rings is 1. The molecule has 0 radical (unpaired) electrons. The number of carbonyl (C=O) groups excluding carboxylic acids is 4. The Hall–Kier alpha value is -3.16. The Bertz CT molecular complexity index is 909. The van der Waals surface area contributed by atoms with E-state index in [1.54, 1.807) is 11.8 Å². The highest BCUT2D eigenvalue weighted by molar-refractivity contribution is 6.08. The van der Waals surface area contributed by atoms with Crippen LogP contribution in [0.2, 0.25) is 0 Å². The van der Waals surface area contributed by atoms with Crippen molar-refractivity contribution < 1.29 is 23.9 Å². The van der Waals surface area contributed by atoms with Crippen molar-refractivity contribution in [2.24, 2.45) is 5.92 Å². The average Bonchev–Trinajstić information content (AvgIpc) is 3.59. The number of rotatable bonds is 6. The fraction of sp³-hybridized carbons (Fsp3) is 0.455. The van der Waals surface area contributed by atoms with Crippen molar-refractivity contribution in [3.05, 3.63) is 42.0 Å². The van der Waals surface area contributed by atoms with Crippen LogP contribution in [0.25, 0.3) is 5.57 Å². The molecule has 0 unspecified atom stereocenters. The lowest BCUT2D eigenvalue weighted by atomic mass is 9.96. The molecule has 30 heavy (non-hydrogen) atoms. The molecule has 8 nitrogen and oxygen atoms in total. The van der Waals surface area contributed by atoms with Gasteiger partial charge in [-0.25, -0.2) is 4.79 Å². The summed E-state index contributed by atoms with van der Waals surface area (Å²) in [5.41, 5.74) is 1.39. The summed E-state index contributed by atoms with van der Waals surface area (Å²) in [5, 5.41) is 2.68. The van der Waals surface area contributed by atoms with E-state index in [-0.39, 0.29) is 11.8 Å². The van der Waals surface area contributed by atoms with E-state index in [0.717, 1.165) is 29.7 Å². The molecule has 1 aromatic carbocycles. The van der Waals surface area contributed by atoms with Crippen molar-refractivity contribution >= 4 is 29.4 Å². The van der Waals surface area contributed by atoms with Gasteiger partial charge in [-0.15, -0.1) is 0 Å². The van der Waals surface area contributed by atoms with Crippen molar-refractivity contribution in [1.29, 1.82) is 0 Å². The van der Waals surface area contributed by atoms with Crippen molar-refractivity contribution in [1.82, 2.24) is 15.1 Å². The fourth-order valence-corrected chi connectivity index (χ4v) is 4.01. The highest BCUT2D eigenvalue weighted by atomic mass is 16.5. The number of nitrogens with one attached hydrogen (secondary N) is 1. The van der Waals surface area contributed by atoms with Crippen LogP contribution in [0.4, 0.5) is 4.79 Å². The lowest BCUT2D eigenvalue weighted by Gasteiger charge is -2.26. The normalized spacial score (nSPS) is 23.8. The minimum atomic E-state index is -0.941. The van der Waals surface area contributed by atoms with E-state index in [4.69, 9.17) is 4.74 Å². The van der Waals surface area contributed by atoms with Crippen molar-refractivity contribution in [3.63, 3.8) is 0 Å². The maximum atomic E-state index is 12.5. The van der Waals surface area contributed by atoms with Gasteiger partial charge in [-0.1, -0.05) is 36.4 Å². The maximum absolute atomic E-state index is 12.5. The topological polar surface area (TPSA) is 96.0 Å². The van der Waals surface area contributed by atoms with Crippen LogP contribution in [0, 0.1) is 5.92 Å². The second-order valence-electron chi connectivity index (χ2n) is 8.14. The number of hydrogen-bond acceptors (Lipinski definition) is 5. The van der Waals surface area contributed by atoms with Crippen LogP contribution in [0.15, 0.2) is 36.4 Å². The molecule has 8 heteroatoms. The summed E-state index contributed by atoms with van der Waals surface area (Å²) >= 11 is 0. The van der Waals surface area contributed by atoms with Crippen LogP contribution in [0.1, 0.15) is 31.7 Å². The fourth-order valence-electron chi connectivity index (χ4n) is 4.01. The van der Waals surface area contributed by atoms with Crippen LogP contribution in [-0.4, -0.2) is 65.4 Å². The molecular formula is C22H25N3O5. The number of urea groups is 1. The number of ether oxygens (including phenoxy) is 1. The molecule has 2 fully saturated rings. The first kappa shape index (κ1) is 20.1. The van der Waals surface area contributed by atoms with Gasteiger partial charge >= 0.3 is 12.0 Å². The van der Waals surface area contributed by atoms with Crippen molar-refractivity contribution in [3.8, 4) is 0 Å². The summed E-state index contributed by atoms with van der Waals surface area (Å²) in [6.07, 6.45) is 4.49. The van der Waals surface area contributed by atoms with Crippen LogP contribution in [-0.2, 0) is 19.1 Å². The summed E-state index contributed by atoms with van der Waals surface area (Å²) in [6, 6.07) is 9.40. The molecule has 158 valence electrons. The number of nitrogens with zero attached hydrogens (tertiary/aromatic N) is 2. The quantitative estimate of drug-likeness (QED) is 0.566. The second kappa shape index (κ2) is 7.93. The lowest BCUT2D eigenvalue weighted by Crippen LogP contribution is -2.46. The van der Waals surface area contributed by atoms with E-state index in [1.165, 1.54) is 5.57 Å². The summed E-state index contributed by atoms with van der Waals surface area (Å²) in [7, 11) is 0. The van der Waals surface area contributed by atoms with Gasteiger partial charge in [-0.2, -0.15) is 0 Å². The van der Waals surface area contributed by atoms with Gasteiger partial charge in [0.1, 0.15) is 12.1 Å². The second-order valence-corrected chi connectivity index (χ2v) is 8.14. The molecule has 3 aliphatic rings. The third-order valence-electron chi connectivity index (χ3n) is 6.05. The van der Waals surface area contributed by atoms with E-state index in [9.17, 15) is 19.2 Å². The molecule has 1 aromatic rings. The minimum absolute atomic E-state index is 0.115. The maximum Gasteiger partial charge on any atom is 0.326 e. The third-order valence-corrected chi connectivity index (χ3v) is 6.05. The van der Waals surface area contributed by atoms with Gasteiger partial charge in [-0.3, -0.25) is 19.3 Å². The monoisotopic (exact) mass is 411 g/mol. The van der Waals surface area contributed by atoms with E-state index in [2.05, 4.69) is 5.32 Å². The van der Waals surface area contributed by atoms with Crippen LogP contribution < -0.4 is 5.32 Å². The van der Waals surface area contributed by atoms with E-state index in [1.807, 2.05) is 36.4 Å². The molecule has 1 atom stereocenters. The van der Waals surface area contributed by atoms with E-state index < -0.39 is 36.6 Å². The smallest absolute Gasteiger partial charge is 0.326 e. The Morgan fingerprint density at radius 3 is 2.57 bits per heavy atom. The van der Waals surface area contributed by atoms with Gasteiger partial charge in [0.2, 0.25) is 0 Å². The van der Waals surface area contributed by atoms with Crippen LogP contribution >= 0.6 is 0 Å². The van der Waals surface area contributed by atoms with Gasteiger partial charge in [0, 0.05) is 13.1 Å². The van der Waals surface area contributed by atoms with Gasteiger partial charge < -0.3 is 15.0 Å². The highest BCUT2D eigenvalue weighted by Crippen LogP contribution is 2.42. The number of imide groups is 1. The van der Waals surface area contributed by atoms with Gasteiger partial charge in [0.05, 0.1) is 0 Å². The van der Waals surface area contributed by atoms with E-state index >= 15 is 0 Å². The molecule has 1 saturated heterocycles. The number of carbonyl (C=O) groups is 4. The molecule has 1 N–H and O–H groups in total. The molecule has 2 aliphatic heterocycles. The summed E-state index contributed by atoms with van der Waals surface area (Å²) in [4.78, 5) is 51.6. The first-order chi connectivity index (χ1) is 14.4. The predicted molar refractivity (Wildman–Crippen MR) is 108 cm³/mol. The molecule has 1 saturated carbocycles. The Kier molecular flexibility index (Phi) is 5.32. The van der Waals surface area contributed by atoms with Crippen molar-refractivity contribution in [2.75, 3.05) is 26.2 Å². The molecule has 4 amide bonds. The lowest BCUT2D eigenvalue weighted by molar-refractivity contribution is -0.153. The third kappa shape index (κ3) is 3.94. The molecule has 1 aliphatic carbocycles. The first-order valence-corrected chi connectivity index (χ1v) is 10.2. The number of hydrogen-bond donors (Lipinski definition) is 1. The molecule has 0 bridgehead atoms. The first-order valence-electron chi connectivity index (χ1n) is 10.2. The highest BCUT2D eigenvalue weighted by Gasteiger charge is 2.56. The largest absolute Gasteiger partial charge is 0.454 e. The summed E-state index contributed by atoms with van der Waals surface area (Å²) < 4.78 is 5.05. The molecule has 0 aromatic heterocycles. The molecular weight excluding hydrogens is 386 g/mol. The zero-order valence-electron chi connectivity index (χ0n) is 16.9. The van der Waals surface area contributed by atoms with Gasteiger partial charge in [0.25, 0.3) is 11.8 Å². The van der Waals surface area contributed by atoms with Crippen LogP contribution in [0.5, 0.6) is 0 Å². The number of amides is 4. The van der Waals surface area contributed by atoms with Crippen LogP contribution in [0.3, 0.4) is 0 Å². The zero-order valence-corrected chi connectivity index (χ0v) is 16.9. The predicted octanol–water partition coefficient (Wildman–Crippen LogP) is 1.57.